The number of sulfonamides is 1. The van der Waals surface area contributed by atoms with E-state index in [4.69, 9.17) is 14.1 Å². The van der Waals surface area contributed by atoms with Gasteiger partial charge in [-0.15, -0.1) is 0 Å². The molecule has 0 bridgehead atoms. The minimum Gasteiger partial charge on any atom is -0.490 e. The first kappa shape index (κ1) is 28.5. The lowest BCUT2D eigenvalue weighted by molar-refractivity contribution is 0.0964. The zero-order valence-corrected chi connectivity index (χ0v) is 25.5. The van der Waals surface area contributed by atoms with Gasteiger partial charge in [0.25, 0.3) is 5.91 Å². The molecule has 0 unspecified atom stereocenters. The number of anilines is 1. The van der Waals surface area contributed by atoms with Gasteiger partial charge in [-0.05, 0) is 48.9 Å². The molecule has 7 rings (SSSR count). The molecule has 1 amide bonds. The van der Waals surface area contributed by atoms with Crippen LogP contribution in [0.3, 0.4) is 0 Å². The van der Waals surface area contributed by atoms with Crippen LogP contribution in [0.4, 0.5) is 10.1 Å². The summed E-state index contributed by atoms with van der Waals surface area (Å²) in [6, 6.07) is 18.9. The molecule has 1 aliphatic rings. The summed E-state index contributed by atoms with van der Waals surface area (Å²) in [5, 5.41) is 4.12. The number of nitrogens with one attached hydrogen (secondary N) is 1. The first-order valence-corrected chi connectivity index (χ1v) is 16.1. The predicted octanol–water partition coefficient (Wildman–Crippen LogP) is 5.86. The first-order chi connectivity index (χ1) is 21.6. The Bertz CT molecular complexity index is 2240. The Morgan fingerprint density at radius 1 is 1.09 bits per heavy atom. The Morgan fingerprint density at radius 3 is 2.62 bits per heavy atom. The molecule has 0 saturated carbocycles. The summed E-state index contributed by atoms with van der Waals surface area (Å²) in [6.07, 6.45) is 3.49. The fourth-order valence-corrected chi connectivity index (χ4v) is 6.26. The Balaban J connectivity index is 1.51. The molecule has 0 saturated heterocycles. The van der Waals surface area contributed by atoms with Gasteiger partial charge in [0, 0.05) is 54.1 Å². The van der Waals surface area contributed by atoms with E-state index in [0.29, 0.717) is 34.6 Å². The summed E-state index contributed by atoms with van der Waals surface area (Å²) in [5.74, 6) is 0.0885. The number of amides is 1. The quantitative estimate of drug-likeness (QED) is 0.255. The number of aromatic nitrogens is 3. The van der Waals surface area contributed by atoms with Crippen LogP contribution in [0.15, 0.2) is 77.3 Å². The van der Waals surface area contributed by atoms with E-state index >= 15 is 0 Å². The molecule has 4 heterocycles. The molecule has 3 aromatic heterocycles. The summed E-state index contributed by atoms with van der Waals surface area (Å²) in [6.45, 7) is 1.21. The fraction of sp³-hybridized carbons (Fsp3) is 0.182. The van der Waals surface area contributed by atoms with E-state index in [2.05, 4.69) is 27.0 Å². The highest BCUT2D eigenvalue weighted by Gasteiger charge is 2.28. The molecule has 12 heteroatoms. The van der Waals surface area contributed by atoms with Gasteiger partial charge in [0.05, 0.1) is 36.0 Å². The first-order valence-electron chi connectivity index (χ1n) is 14.3. The standard InChI is InChI=1S/C33H28FN5O5S/c1-35-33(40)29-23-16-22(25(38(2)45(3,41)42)17-27(23)44-31(29)19-9-11-21(34)12-10-19)32-36-18-28-30(37-32)26-15-20-7-4-5-8-24(20)39(26)13-6-14-43-28/h4-5,7-12,15-18H,6,13-14H2,1-3H3,(H,35,40). The number of halogens is 1. The molecule has 0 fully saturated rings. The van der Waals surface area contributed by atoms with E-state index in [9.17, 15) is 17.6 Å². The molecule has 1 N–H and O–H groups in total. The van der Waals surface area contributed by atoms with Gasteiger partial charge >= 0.3 is 0 Å². The molecule has 0 radical (unpaired) electrons. The molecular formula is C33H28FN5O5S. The normalized spacial score (nSPS) is 13.1. The largest absolute Gasteiger partial charge is 0.490 e. The van der Waals surface area contributed by atoms with Crippen molar-refractivity contribution >= 4 is 43.5 Å². The number of aryl methyl sites for hydroxylation is 1. The highest BCUT2D eigenvalue weighted by atomic mass is 32.2. The van der Waals surface area contributed by atoms with Crippen molar-refractivity contribution in [3.63, 3.8) is 0 Å². The summed E-state index contributed by atoms with van der Waals surface area (Å²) in [7, 11) is -0.816. The zero-order chi connectivity index (χ0) is 31.5. The lowest BCUT2D eigenvalue weighted by Crippen LogP contribution is -2.25. The van der Waals surface area contributed by atoms with Crippen LogP contribution in [0.5, 0.6) is 5.75 Å². The second kappa shape index (κ2) is 10.7. The Kier molecular flexibility index (Phi) is 6.81. The number of carbonyl (C=O) groups is 1. The van der Waals surface area contributed by atoms with Gasteiger partial charge in [-0.1, -0.05) is 18.2 Å². The minimum absolute atomic E-state index is 0.212. The molecule has 1 aliphatic heterocycles. The van der Waals surface area contributed by atoms with Gasteiger partial charge in [0.15, 0.2) is 11.6 Å². The summed E-state index contributed by atoms with van der Waals surface area (Å²) < 4.78 is 55.0. The van der Waals surface area contributed by atoms with Crippen LogP contribution in [-0.4, -0.2) is 55.8 Å². The lowest BCUT2D eigenvalue weighted by Gasteiger charge is -2.21. The number of nitrogens with zero attached hydrogens (tertiary/aromatic N) is 4. The maximum atomic E-state index is 13.8. The number of para-hydroxylation sites is 1. The van der Waals surface area contributed by atoms with Gasteiger partial charge in [-0.3, -0.25) is 9.10 Å². The van der Waals surface area contributed by atoms with Crippen molar-refractivity contribution in [3.05, 3.63) is 84.3 Å². The third kappa shape index (κ3) is 4.87. The van der Waals surface area contributed by atoms with Crippen LogP contribution in [0, 0.1) is 5.82 Å². The van der Waals surface area contributed by atoms with Crippen molar-refractivity contribution in [2.75, 3.05) is 31.3 Å². The van der Waals surface area contributed by atoms with E-state index in [-0.39, 0.29) is 28.4 Å². The average molecular weight is 626 g/mol. The number of fused-ring (bicyclic) bond motifs is 6. The van der Waals surface area contributed by atoms with E-state index in [1.807, 2.05) is 18.2 Å². The van der Waals surface area contributed by atoms with Crippen molar-refractivity contribution in [2.24, 2.45) is 0 Å². The summed E-state index contributed by atoms with van der Waals surface area (Å²) >= 11 is 0. The molecule has 10 nitrogen and oxygen atoms in total. The molecule has 6 aromatic rings. The number of ether oxygens (including phenoxy) is 1. The Hall–Kier alpha value is -5.23. The molecular weight excluding hydrogens is 597 g/mol. The zero-order valence-electron chi connectivity index (χ0n) is 24.7. The maximum Gasteiger partial charge on any atom is 0.255 e. The second-order valence-corrected chi connectivity index (χ2v) is 12.9. The molecule has 228 valence electrons. The lowest BCUT2D eigenvalue weighted by atomic mass is 10.0. The second-order valence-electron chi connectivity index (χ2n) is 10.8. The Morgan fingerprint density at radius 2 is 1.87 bits per heavy atom. The van der Waals surface area contributed by atoms with E-state index in [1.54, 1.807) is 18.3 Å². The minimum atomic E-state index is -3.74. The van der Waals surface area contributed by atoms with E-state index in [0.717, 1.165) is 40.1 Å². The molecule has 45 heavy (non-hydrogen) atoms. The molecule has 0 aliphatic carbocycles. The van der Waals surface area contributed by atoms with Crippen molar-refractivity contribution in [2.45, 2.75) is 13.0 Å². The van der Waals surface area contributed by atoms with Gasteiger partial charge < -0.3 is 19.0 Å². The van der Waals surface area contributed by atoms with E-state index < -0.39 is 21.7 Å². The van der Waals surface area contributed by atoms with Crippen LogP contribution in [0.1, 0.15) is 16.8 Å². The van der Waals surface area contributed by atoms with Crippen molar-refractivity contribution in [1.82, 2.24) is 19.9 Å². The van der Waals surface area contributed by atoms with Crippen molar-refractivity contribution < 1.29 is 26.8 Å². The number of furan rings is 1. The molecule has 0 atom stereocenters. The number of carbonyl (C=O) groups excluding carboxylic acids is 1. The number of hydrogen-bond donors (Lipinski definition) is 1. The van der Waals surface area contributed by atoms with Crippen LogP contribution in [-0.2, 0) is 16.6 Å². The Labute approximate surface area is 258 Å². The summed E-state index contributed by atoms with van der Waals surface area (Å²) in [5.41, 5.74) is 4.05. The third-order valence-electron chi connectivity index (χ3n) is 8.04. The van der Waals surface area contributed by atoms with Crippen LogP contribution in [0.25, 0.3) is 56.0 Å². The maximum absolute atomic E-state index is 13.8. The smallest absolute Gasteiger partial charge is 0.255 e. The SMILES string of the molecule is CNC(=O)c1c(-c2ccc(F)cc2)oc2cc(N(C)S(C)(=O)=O)c(-c3ncc4c(n3)-c3cc5ccccc5n3CCCO4)cc12. The van der Waals surface area contributed by atoms with Crippen LogP contribution >= 0.6 is 0 Å². The van der Waals surface area contributed by atoms with Gasteiger partial charge in [-0.2, -0.15) is 0 Å². The average Bonchev–Trinajstić information content (AvgIpc) is 3.58. The topological polar surface area (TPSA) is 120 Å². The van der Waals surface area contributed by atoms with Gasteiger partial charge in [-0.25, -0.2) is 22.8 Å². The van der Waals surface area contributed by atoms with Gasteiger partial charge in [0.2, 0.25) is 10.0 Å². The molecule has 0 spiro atoms. The van der Waals surface area contributed by atoms with Crippen LogP contribution in [0.2, 0.25) is 0 Å². The number of benzene rings is 3. The monoisotopic (exact) mass is 625 g/mol. The number of rotatable bonds is 5. The van der Waals surface area contributed by atoms with Crippen molar-refractivity contribution in [1.29, 1.82) is 0 Å². The fourth-order valence-electron chi connectivity index (χ4n) is 5.75. The predicted molar refractivity (Wildman–Crippen MR) is 170 cm³/mol. The van der Waals surface area contributed by atoms with Gasteiger partial charge in [0.1, 0.15) is 22.9 Å². The summed E-state index contributed by atoms with van der Waals surface area (Å²) in [4.78, 5) is 22.9. The van der Waals surface area contributed by atoms with Crippen LogP contribution < -0.4 is 14.4 Å². The highest BCUT2D eigenvalue weighted by Crippen LogP contribution is 2.42. The highest BCUT2D eigenvalue weighted by molar-refractivity contribution is 7.92. The van der Waals surface area contributed by atoms with Crippen molar-refractivity contribution in [3.8, 4) is 39.8 Å². The third-order valence-corrected chi connectivity index (χ3v) is 9.23. The molecule has 3 aromatic carbocycles. The number of hydrogen-bond acceptors (Lipinski definition) is 7. The van der Waals surface area contributed by atoms with E-state index in [1.165, 1.54) is 38.4 Å².